The van der Waals surface area contributed by atoms with Gasteiger partial charge in [-0.15, -0.1) is 0 Å². The highest BCUT2D eigenvalue weighted by Crippen LogP contribution is 2.67. The maximum atomic E-state index is 7.47. The average Bonchev–Trinajstić information content (AvgIpc) is 3.47. The van der Waals surface area contributed by atoms with Crippen LogP contribution < -0.4 is 10.4 Å². The largest absolute Gasteiger partial charge is 0.406 e. The van der Waals surface area contributed by atoms with Gasteiger partial charge >= 0.3 is 0 Å². The van der Waals surface area contributed by atoms with E-state index in [0.29, 0.717) is 31.7 Å². The first kappa shape index (κ1) is 23.0. The summed E-state index contributed by atoms with van der Waals surface area (Å²) in [7, 11) is -2.61. The lowest BCUT2D eigenvalue weighted by Gasteiger charge is -2.47. The van der Waals surface area contributed by atoms with Crippen molar-refractivity contribution < 1.29 is 13.9 Å². The van der Waals surface area contributed by atoms with Crippen LogP contribution in [0.5, 0.6) is 0 Å². The highest BCUT2D eigenvalue weighted by molar-refractivity contribution is 6.99. The molecule has 176 valence electrons. The van der Waals surface area contributed by atoms with Crippen molar-refractivity contribution in [3.05, 3.63) is 72.8 Å². The van der Waals surface area contributed by atoms with Gasteiger partial charge in [0.2, 0.25) is 0 Å². The number of hydrogen-bond acceptors (Lipinski definition) is 3. The molecule has 2 aromatic carbocycles. The Hall–Kier alpha value is -1.72. The molecule has 5 rings (SSSR count). The van der Waals surface area contributed by atoms with Crippen LogP contribution in [0.2, 0.25) is 5.04 Å². The zero-order chi connectivity index (χ0) is 23.3. The Bertz CT molecular complexity index is 951. The first-order valence-electron chi connectivity index (χ1n) is 12.5. The van der Waals surface area contributed by atoms with E-state index in [-0.39, 0.29) is 10.5 Å². The van der Waals surface area contributed by atoms with Crippen LogP contribution in [0.4, 0.5) is 0 Å². The van der Waals surface area contributed by atoms with Gasteiger partial charge in [0, 0.05) is 24.4 Å². The lowest BCUT2D eigenvalue weighted by molar-refractivity contribution is -0.198. The van der Waals surface area contributed by atoms with E-state index in [1.807, 2.05) is 0 Å². The molecule has 3 fully saturated rings. The topological polar surface area (TPSA) is 27.7 Å². The van der Waals surface area contributed by atoms with Crippen molar-refractivity contribution in [1.82, 2.24) is 0 Å². The van der Waals surface area contributed by atoms with Crippen molar-refractivity contribution in [2.75, 3.05) is 19.8 Å². The molecule has 1 unspecified atom stereocenters. The van der Waals surface area contributed by atoms with Gasteiger partial charge in [0.05, 0.1) is 13.2 Å². The van der Waals surface area contributed by atoms with Gasteiger partial charge in [-0.25, -0.2) is 0 Å². The highest BCUT2D eigenvalue weighted by Gasteiger charge is 2.69. The van der Waals surface area contributed by atoms with Gasteiger partial charge in [0.1, 0.15) is 0 Å². The summed E-state index contributed by atoms with van der Waals surface area (Å²) in [5.41, 5.74) is 1.13. The van der Waals surface area contributed by atoms with Crippen LogP contribution in [0.1, 0.15) is 47.0 Å². The zero-order valence-corrected chi connectivity index (χ0v) is 21.6. The van der Waals surface area contributed by atoms with Crippen LogP contribution in [0.25, 0.3) is 0 Å². The fourth-order valence-corrected chi connectivity index (χ4v) is 11.9. The molecule has 1 aliphatic heterocycles. The van der Waals surface area contributed by atoms with Crippen molar-refractivity contribution in [3.8, 4) is 0 Å². The molecule has 3 atom stereocenters. The van der Waals surface area contributed by atoms with Crippen molar-refractivity contribution in [3.63, 3.8) is 0 Å². The Morgan fingerprint density at radius 1 is 0.970 bits per heavy atom. The molecule has 1 heterocycles. The lowest BCUT2D eigenvalue weighted by atomic mass is 9.72. The van der Waals surface area contributed by atoms with Gasteiger partial charge in [-0.3, -0.25) is 0 Å². The summed E-state index contributed by atoms with van der Waals surface area (Å²) in [6, 6.07) is 21.9. The normalized spacial score (nSPS) is 28.5. The van der Waals surface area contributed by atoms with E-state index in [1.165, 1.54) is 22.4 Å². The molecular weight excluding hydrogens is 424 g/mol. The highest BCUT2D eigenvalue weighted by atomic mass is 28.4. The van der Waals surface area contributed by atoms with Crippen molar-refractivity contribution in [1.29, 1.82) is 0 Å². The summed E-state index contributed by atoms with van der Waals surface area (Å²) in [6.45, 7) is 15.9. The fourth-order valence-electron chi connectivity index (χ4n) is 7.32. The van der Waals surface area contributed by atoms with E-state index < -0.39 is 14.1 Å². The quantitative estimate of drug-likeness (QED) is 0.431. The van der Waals surface area contributed by atoms with Gasteiger partial charge in [0.25, 0.3) is 8.32 Å². The molecule has 0 aromatic heterocycles. The van der Waals surface area contributed by atoms with E-state index in [1.54, 1.807) is 0 Å². The van der Waals surface area contributed by atoms with Gasteiger partial charge in [-0.2, -0.15) is 0 Å². The summed E-state index contributed by atoms with van der Waals surface area (Å²) in [5.74, 6) is 0.376. The Kier molecular flexibility index (Phi) is 5.72. The monoisotopic (exact) mass is 462 g/mol. The first-order valence-corrected chi connectivity index (χ1v) is 14.4. The molecule has 2 bridgehead atoms. The molecule has 0 radical (unpaired) electrons. The summed E-state index contributed by atoms with van der Waals surface area (Å²) in [5, 5.41) is 2.62. The third-order valence-corrected chi connectivity index (χ3v) is 13.7. The summed E-state index contributed by atoms with van der Waals surface area (Å²) >= 11 is 0. The third kappa shape index (κ3) is 3.33. The Morgan fingerprint density at radius 2 is 1.52 bits per heavy atom. The number of rotatable bonds is 6. The van der Waals surface area contributed by atoms with Crippen LogP contribution in [-0.4, -0.2) is 33.9 Å². The van der Waals surface area contributed by atoms with Crippen LogP contribution in [0, 0.1) is 17.3 Å². The minimum Gasteiger partial charge on any atom is -0.406 e. The Labute approximate surface area is 200 Å². The first-order chi connectivity index (χ1) is 15.8. The Balaban J connectivity index is 1.60. The molecule has 2 aromatic rings. The zero-order valence-electron chi connectivity index (χ0n) is 20.6. The molecule has 0 N–H and O–H groups in total. The average molecular weight is 463 g/mol. The van der Waals surface area contributed by atoms with E-state index in [4.69, 9.17) is 13.9 Å². The lowest BCUT2D eigenvalue weighted by Crippen LogP contribution is -2.67. The van der Waals surface area contributed by atoms with Crippen molar-refractivity contribution >= 4 is 18.7 Å². The maximum absolute atomic E-state index is 7.47. The van der Waals surface area contributed by atoms with E-state index in [0.717, 1.165) is 12.8 Å². The summed E-state index contributed by atoms with van der Waals surface area (Å²) in [4.78, 5) is 0. The molecule has 2 aliphatic carbocycles. The molecule has 2 saturated carbocycles. The second kappa shape index (κ2) is 8.19. The SMILES string of the molecule is C=C(C)C1(CO[Si](c2ccccc2)(c2ccccc2)C(C)(C)C)[C@@H]2CC[C@H]1C1(C2)OCCO1. The maximum Gasteiger partial charge on any atom is 0.261 e. The second-order valence-electron chi connectivity index (χ2n) is 11.3. The van der Waals surface area contributed by atoms with Gasteiger partial charge in [-0.1, -0.05) is 93.6 Å². The third-order valence-electron chi connectivity index (χ3n) is 8.73. The Morgan fingerprint density at radius 3 is 2.00 bits per heavy atom. The minimum absolute atomic E-state index is 0.0400. The number of hydrogen-bond donors (Lipinski definition) is 0. The molecule has 3 aliphatic rings. The summed E-state index contributed by atoms with van der Waals surface area (Å²) < 4.78 is 20.1. The van der Waals surface area contributed by atoms with Crippen molar-refractivity contribution in [2.24, 2.45) is 17.3 Å². The van der Waals surface area contributed by atoms with Crippen LogP contribution in [0.15, 0.2) is 72.8 Å². The molecule has 1 spiro atoms. The summed E-state index contributed by atoms with van der Waals surface area (Å²) in [6.07, 6.45) is 3.30. The molecule has 1 saturated heterocycles. The van der Waals surface area contributed by atoms with Crippen LogP contribution in [0.3, 0.4) is 0 Å². The van der Waals surface area contributed by atoms with Crippen LogP contribution in [-0.2, 0) is 13.9 Å². The van der Waals surface area contributed by atoms with Gasteiger partial charge in [0.15, 0.2) is 5.79 Å². The standard InChI is InChI=1S/C29H38O3Si/c1-22(2)28(23-16-17-26(28)29(20-23)30-18-19-31-29)21-32-33(27(3,4)5,24-12-8-6-9-13-24)25-14-10-7-11-15-25/h6-15,23,26H,1,16-21H2,2-5H3/t23-,26-,28?/m1/s1. The van der Waals surface area contributed by atoms with E-state index >= 15 is 0 Å². The smallest absolute Gasteiger partial charge is 0.261 e. The van der Waals surface area contributed by atoms with E-state index in [2.05, 4.69) is 94.9 Å². The van der Waals surface area contributed by atoms with E-state index in [9.17, 15) is 0 Å². The number of benzene rings is 2. The molecule has 3 nitrogen and oxygen atoms in total. The second-order valence-corrected chi connectivity index (χ2v) is 15.6. The predicted molar refractivity (Wildman–Crippen MR) is 136 cm³/mol. The fraction of sp³-hybridized carbons (Fsp3) is 0.517. The van der Waals surface area contributed by atoms with Crippen LogP contribution >= 0.6 is 0 Å². The predicted octanol–water partition coefficient (Wildman–Crippen LogP) is 5.30. The molecule has 4 heteroatoms. The number of ether oxygens (including phenoxy) is 2. The minimum atomic E-state index is -2.61. The molecule has 0 amide bonds. The number of fused-ring (bicyclic) bond motifs is 3. The van der Waals surface area contributed by atoms with Gasteiger partial charge in [-0.05, 0) is 41.1 Å². The molecule has 33 heavy (non-hydrogen) atoms. The van der Waals surface area contributed by atoms with Crippen molar-refractivity contribution in [2.45, 2.75) is 57.8 Å². The molecular formula is C29H38O3Si. The van der Waals surface area contributed by atoms with Gasteiger partial charge < -0.3 is 13.9 Å².